The lowest BCUT2D eigenvalue weighted by Gasteiger charge is -2.19. The fraction of sp³-hybridized carbons (Fsp3) is 0.333. The summed E-state index contributed by atoms with van der Waals surface area (Å²) in [6.07, 6.45) is 0. The normalized spacial score (nSPS) is 9.82. The predicted molar refractivity (Wildman–Crippen MR) is 68.2 cm³/mol. The molecule has 0 aromatic heterocycles. The molecule has 5 nitrogen and oxygen atoms in total. The van der Waals surface area contributed by atoms with Gasteiger partial charge in [0.1, 0.15) is 0 Å². The highest BCUT2D eigenvalue weighted by molar-refractivity contribution is 5.99. The van der Waals surface area contributed by atoms with E-state index in [-0.39, 0.29) is 18.2 Å². The summed E-state index contributed by atoms with van der Waals surface area (Å²) in [4.78, 5) is 24.2. The van der Waals surface area contributed by atoms with Gasteiger partial charge in [-0.15, -0.1) is 0 Å². The van der Waals surface area contributed by atoms with Gasteiger partial charge in [-0.05, 0) is 25.1 Å². The number of Topliss-reactive ketones (excluding diaryl/α,β-unsaturated/α-hetero) is 1. The Morgan fingerprint density at radius 1 is 1.41 bits per heavy atom. The first kappa shape index (κ1) is 13.0. The van der Waals surface area contributed by atoms with Crippen LogP contribution in [0.1, 0.15) is 17.3 Å². The number of amides is 1. The van der Waals surface area contributed by atoms with Crippen molar-refractivity contribution in [1.82, 2.24) is 5.32 Å². The number of hydrogen-bond donors (Lipinski definition) is 2. The van der Waals surface area contributed by atoms with Crippen LogP contribution in [0.5, 0.6) is 0 Å². The Kier molecular flexibility index (Phi) is 4.09. The molecule has 3 N–H and O–H groups in total. The van der Waals surface area contributed by atoms with Gasteiger partial charge in [0.15, 0.2) is 5.78 Å². The molecule has 0 radical (unpaired) electrons. The number of nitrogens with zero attached hydrogens (tertiary/aromatic N) is 1. The second-order valence-electron chi connectivity index (χ2n) is 3.86. The summed E-state index contributed by atoms with van der Waals surface area (Å²) in [6, 6.07) is 5.14. The SMILES string of the molecule is CNC(=O)CN(C)c1ccc(C(C)=O)c(N)c1. The van der Waals surface area contributed by atoms with Crippen LogP contribution in [0.15, 0.2) is 18.2 Å². The topological polar surface area (TPSA) is 75.4 Å². The lowest BCUT2D eigenvalue weighted by molar-refractivity contribution is -0.119. The number of hydrogen-bond acceptors (Lipinski definition) is 4. The van der Waals surface area contributed by atoms with Crippen LogP contribution in [0.25, 0.3) is 0 Å². The van der Waals surface area contributed by atoms with E-state index >= 15 is 0 Å². The molecular weight excluding hydrogens is 218 g/mol. The number of likely N-dealkylation sites (N-methyl/N-ethyl adjacent to an activating group) is 2. The molecule has 0 aliphatic carbocycles. The largest absolute Gasteiger partial charge is 0.398 e. The van der Waals surface area contributed by atoms with Crippen molar-refractivity contribution >= 4 is 23.1 Å². The average molecular weight is 235 g/mol. The van der Waals surface area contributed by atoms with Crippen molar-refractivity contribution in [1.29, 1.82) is 0 Å². The lowest BCUT2D eigenvalue weighted by Crippen LogP contribution is -2.32. The van der Waals surface area contributed by atoms with Gasteiger partial charge < -0.3 is 16.0 Å². The standard InChI is InChI=1S/C12H17N3O2/c1-8(16)10-5-4-9(6-11(10)13)15(3)7-12(17)14-2/h4-6H,7,13H2,1-3H3,(H,14,17). The summed E-state index contributed by atoms with van der Waals surface area (Å²) >= 11 is 0. The van der Waals surface area contributed by atoms with Crippen molar-refractivity contribution in [3.8, 4) is 0 Å². The molecule has 1 amide bonds. The highest BCUT2D eigenvalue weighted by atomic mass is 16.2. The zero-order valence-electron chi connectivity index (χ0n) is 10.3. The molecule has 0 heterocycles. The molecule has 0 fully saturated rings. The molecule has 0 saturated carbocycles. The van der Waals surface area contributed by atoms with Gasteiger partial charge >= 0.3 is 0 Å². The highest BCUT2D eigenvalue weighted by Gasteiger charge is 2.09. The number of benzene rings is 1. The molecule has 1 aromatic rings. The monoisotopic (exact) mass is 235 g/mol. The van der Waals surface area contributed by atoms with Gasteiger partial charge in [0, 0.05) is 31.0 Å². The molecule has 0 aliphatic heterocycles. The Bertz CT molecular complexity index is 443. The predicted octanol–water partition coefficient (Wildman–Crippen LogP) is 0.654. The third-order valence-electron chi connectivity index (χ3n) is 2.51. The van der Waals surface area contributed by atoms with E-state index in [0.29, 0.717) is 11.3 Å². The molecule has 0 atom stereocenters. The fourth-order valence-corrected chi connectivity index (χ4v) is 1.49. The second-order valence-corrected chi connectivity index (χ2v) is 3.86. The van der Waals surface area contributed by atoms with Crippen LogP contribution in [0.4, 0.5) is 11.4 Å². The molecule has 92 valence electrons. The van der Waals surface area contributed by atoms with Crippen LogP contribution >= 0.6 is 0 Å². The third-order valence-corrected chi connectivity index (χ3v) is 2.51. The van der Waals surface area contributed by atoms with E-state index in [4.69, 9.17) is 5.73 Å². The summed E-state index contributed by atoms with van der Waals surface area (Å²) in [7, 11) is 3.38. The summed E-state index contributed by atoms with van der Waals surface area (Å²) in [5, 5.41) is 2.54. The van der Waals surface area contributed by atoms with E-state index in [1.54, 1.807) is 37.2 Å². The first-order valence-corrected chi connectivity index (χ1v) is 5.28. The molecular formula is C12H17N3O2. The molecule has 17 heavy (non-hydrogen) atoms. The number of carbonyl (C=O) groups is 2. The lowest BCUT2D eigenvalue weighted by atomic mass is 10.1. The van der Waals surface area contributed by atoms with E-state index in [0.717, 1.165) is 5.69 Å². The maximum absolute atomic E-state index is 11.2. The first-order valence-electron chi connectivity index (χ1n) is 5.28. The average Bonchev–Trinajstić information content (AvgIpc) is 2.28. The maximum Gasteiger partial charge on any atom is 0.239 e. The number of ketones is 1. The minimum Gasteiger partial charge on any atom is -0.398 e. The van der Waals surface area contributed by atoms with Crippen molar-refractivity contribution in [3.63, 3.8) is 0 Å². The van der Waals surface area contributed by atoms with Crippen molar-refractivity contribution in [2.45, 2.75) is 6.92 Å². The molecule has 0 spiro atoms. The Morgan fingerprint density at radius 3 is 2.53 bits per heavy atom. The van der Waals surface area contributed by atoms with Crippen molar-refractivity contribution in [2.75, 3.05) is 31.3 Å². The van der Waals surface area contributed by atoms with Gasteiger partial charge in [-0.3, -0.25) is 9.59 Å². The number of rotatable bonds is 4. The Labute approximate surface area is 101 Å². The van der Waals surface area contributed by atoms with E-state index in [9.17, 15) is 9.59 Å². The molecule has 0 aliphatic rings. The zero-order valence-corrected chi connectivity index (χ0v) is 10.3. The minimum atomic E-state index is -0.0817. The van der Waals surface area contributed by atoms with E-state index < -0.39 is 0 Å². The quantitative estimate of drug-likeness (QED) is 0.593. The summed E-state index contributed by atoms with van der Waals surface area (Å²) in [5.41, 5.74) is 7.51. The molecule has 0 bridgehead atoms. The Balaban J connectivity index is 2.89. The van der Waals surface area contributed by atoms with Crippen LogP contribution < -0.4 is 16.0 Å². The fourth-order valence-electron chi connectivity index (χ4n) is 1.49. The van der Waals surface area contributed by atoms with Gasteiger partial charge in [-0.2, -0.15) is 0 Å². The van der Waals surface area contributed by atoms with E-state index in [2.05, 4.69) is 5.32 Å². The second kappa shape index (κ2) is 5.34. The number of anilines is 2. The minimum absolute atomic E-state index is 0.0667. The van der Waals surface area contributed by atoms with Gasteiger partial charge in [-0.1, -0.05) is 0 Å². The molecule has 5 heteroatoms. The zero-order chi connectivity index (χ0) is 13.0. The first-order chi connectivity index (χ1) is 7.95. The summed E-state index contributed by atoms with van der Waals surface area (Å²) in [6.45, 7) is 1.72. The van der Waals surface area contributed by atoms with E-state index in [1.165, 1.54) is 6.92 Å². The molecule has 1 rings (SSSR count). The summed E-state index contributed by atoms with van der Waals surface area (Å²) in [5.74, 6) is -0.148. The van der Waals surface area contributed by atoms with Crippen LogP contribution in [0.2, 0.25) is 0 Å². The third kappa shape index (κ3) is 3.21. The van der Waals surface area contributed by atoms with Crippen LogP contribution in [-0.4, -0.2) is 32.3 Å². The smallest absolute Gasteiger partial charge is 0.239 e. The highest BCUT2D eigenvalue weighted by Crippen LogP contribution is 2.20. The van der Waals surface area contributed by atoms with Gasteiger partial charge in [-0.25, -0.2) is 0 Å². The van der Waals surface area contributed by atoms with Gasteiger partial charge in [0.2, 0.25) is 5.91 Å². The van der Waals surface area contributed by atoms with Gasteiger partial charge in [0.05, 0.1) is 6.54 Å². The number of nitrogen functional groups attached to an aromatic ring is 1. The van der Waals surface area contributed by atoms with Gasteiger partial charge in [0.25, 0.3) is 0 Å². The Hall–Kier alpha value is -2.04. The summed E-state index contributed by atoms with van der Waals surface area (Å²) < 4.78 is 0. The maximum atomic E-state index is 11.2. The number of nitrogens with two attached hydrogens (primary N) is 1. The van der Waals surface area contributed by atoms with Crippen LogP contribution in [0.3, 0.4) is 0 Å². The number of carbonyl (C=O) groups excluding carboxylic acids is 2. The van der Waals surface area contributed by atoms with Crippen molar-refractivity contribution in [3.05, 3.63) is 23.8 Å². The van der Waals surface area contributed by atoms with Crippen molar-refractivity contribution < 1.29 is 9.59 Å². The Morgan fingerprint density at radius 2 is 2.06 bits per heavy atom. The van der Waals surface area contributed by atoms with Crippen molar-refractivity contribution in [2.24, 2.45) is 0 Å². The number of nitrogens with one attached hydrogen (secondary N) is 1. The molecule has 0 unspecified atom stereocenters. The van der Waals surface area contributed by atoms with Crippen LogP contribution in [-0.2, 0) is 4.79 Å². The van der Waals surface area contributed by atoms with Crippen LogP contribution in [0, 0.1) is 0 Å². The van der Waals surface area contributed by atoms with E-state index in [1.807, 2.05) is 0 Å². The molecule has 0 saturated heterocycles. The molecule has 1 aromatic carbocycles.